The van der Waals surface area contributed by atoms with Crippen molar-refractivity contribution in [3.8, 4) is 5.75 Å². The molecule has 9 nitrogen and oxygen atoms in total. The fourth-order valence-electron chi connectivity index (χ4n) is 3.19. The van der Waals surface area contributed by atoms with Crippen LogP contribution in [0.15, 0.2) is 24.4 Å². The highest BCUT2D eigenvalue weighted by Crippen LogP contribution is 2.39. The van der Waals surface area contributed by atoms with Crippen molar-refractivity contribution in [2.45, 2.75) is 37.7 Å². The second kappa shape index (κ2) is 9.39. The SMILES string of the molecule is CC1(C)CN(c2ncc(OC(=O)N(CC(F)(F)C(F)(F)F)c3cc(C(F)(F)F)ccc3F)c(N)n2)C(=O)N1. The van der Waals surface area contributed by atoms with E-state index >= 15 is 0 Å². The van der Waals surface area contributed by atoms with Crippen LogP contribution in [0.3, 0.4) is 0 Å². The number of carbonyl (C=O) groups excluding carboxylic acids is 2. The number of hydrogen-bond acceptors (Lipinski definition) is 6. The highest BCUT2D eigenvalue weighted by atomic mass is 19.4. The number of urea groups is 1. The standard InChI is InChI=1S/C20H17F9N6O3/c1-17(2)7-35(15(36)33-17)14-31-6-12(13(30)32-14)38-16(37)34(8-18(22,23)20(27,28)29)11-5-9(19(24,25)26)3-4-10(11)21/h3-6H,7-8H2,1-2H3,(H,33,36)(H2,30,31,32). The molecule has 18 heteroatoms. The van der Waals surface area contributed by atoms with Crippen molar-refractivity contribution in [2.75, 3.05) is 28.6 Å². The van der Waals surface area contributed by atoms with Crippen molar-refractivity contribution in [1.29, 1.82) is 0 Å². The monoisotopic (exact) mass is 560 g/mol. The van der Waals surface area contributed by atoms with Gasteiger partial charge in [0, 0.05) is 0 Å². The van der Waals surface area contributed by atoms with Crippen LogP contribution in [-0.4, -0.2) is 52.8 Å². The van der Waals surface area contributed by atoms with Gasteiger partial charge in [0.05, 0.1) is 29.5 Å². The lowest BCUT2D eigenvalue weighted by Gasteiger charge is -2.28. The van der Waals surface area contributed by atoms with Crippen LogP contribution in [0, 0.1) is 5.82 Å². The Kier molecular flexibility index (Phi) is 7.06. The molecule has 1 aromatic heterocycles. The van der Waals surface area contributed by atoms with Crippen LogP contribution in [0.5, 0.6) is 5.75 Å². The summed E-state index contributed by atoms with van der Waals surface area (Å²) in [5, 5.41) is 2.59. The van der Waals surface area contributed by atoms with Gasteiger partial charge in [-0.25, -0.2) is 19.0 Å². The molecule has 1 aliphatic heterocycles. The van der Waals surface area contributed by atoms with Gasteiger partial charge in [0.2, 0.25) is 5.95 Å². The quantitative estimate of drug-likeness (QED) is 0.512. The number of ether oxygens (including phenoxy) is 1. The number of alkyl halides is 8. The summed E-state index contributed by atoms with van der Waals surface area (Å²) in [6, 6.07) is -0.455. The largest absolute Gasteiger partial charge is 0.455 e. The van der Waals surface area contributed by atoms with Gasteiger partial charge >= 0.3 is 30.4 Å². The maximum Gasteiger partial charge on any atom is 0.455 e. The van der Waals surface area contributed by atoms with E-state index in [0.717, 1.165) is 4.90 Å². The van der Waals surface area contributed by atoms with Crippen LogP contribution in [-0.2, 0) is 6.18 Å². The van der Waals surface area contributed by atoms with Gasteiger partial charge in [-0.15, -0.1) is 0 Å². The average Bonchev–Trinajstić information content (AvgIpc) is 3.04. The van der Waals surface area contributed by atoms with Crippen molar-refractivity contribution in [1.82, 2.24) is 15.3 Å². The number of rotatable bonds is 5. The molecule has 1 fully saturated rings. The predicted molar refractivity (Wildman–Crippen MR) is 112 cm³/mol. The second-order valence-electron chi connectivity index (χ2n) is 8.64. The fourth-order valence-corrected chi connectivity index (χ4v) is 3.19. The molecule has 3 amide bonds. The van der Waals surface area contributed by atoms with Crippen LogP contribution < -0.4 is 25.6 Å². The minimum Gasteiger partial charge on any atom is -0.404 e. The number of nitrogens with one attached hydrogen (secondary N) is 1. The zero-order valence-corrected chi connectivity index (χ0v) is 19.2. The molecule has 0 radical (unpaired) electrons. The van der Waals surface area contributed by atoms with E-state index in [1.165, 1.54) is 0 Å². The highest BCUT2D eigenvalue weighted by molar-refractivity contribution is 5.94. The van der Waals surface area contributed by atoms with Gasteiger partial charge in [-0.2, -0.15) is 40.1 Å². The molecular formula is C20H17F9N6O3. The van der Waals surface area contributed by atoms with E-state index in [0.29, 0.717) is 6.20 Å². The molecule has 3 rings (SSSR count). The zero-order chi connectivity index (χ0) is 28.8. The van der Waals surface area contributed by atoms with Crippen molar-refractivity contribution in [3.05, 3.63) is 35.8 Å². The number of benzene rings is 1. The molecule has 0 atom stereocenters. The van der Waals surface area contributed by atoms with Crippen molar-refractivity contribution in [2.24, 2.45) is 0 Å². The summed E-state index contributed by atoms with van der Waals surface area (Å²) in [4.78, 5) is 32.5. The number of anilines is 3. The van der Waals surface area contributed by atoms with E-state index in [2.05, 4.69) is 20.0 Å². The molecule has 0 aliphatic carbocycles. The normalized spacial score (nSPS) is 15.9. The summed E-state index contributed by atoms with van der Waals surface area (Å²) in [5.74, 6) is -9.27. The van der Waals surface area contributed by atoms with Crippen molar-refractivity contribution >= 4 is 29.6 Å². The second-order valence-corrected chi connectivity index (χ2v) is 8.64. The van der Waals surface area contributed by atoms with E-state index < -0.39 is 76.0 Å². The Hall–Kier alpha value is -3.99. The first kappa shape index (κ1) is 28.6. The Balaban J connectivity index is 1.97. The molecule has 38 heavy (non-hydrogen) atoms. The lowest BCUT2D eigenvalue weighted by molar-refractivity contribution is -0.276. The molecule has 0 bridgehead atoms. The van der Waals surface area contributed by atoms with Gasteiger partial charge in [-0.05, 0) is 32.0 Å². The Morgan fingerprint density at radius 3 is 2.32 bits per heavy atom. The maximum absolute atomic E-state index is 14.3. The summed E-state index contributed by atoms with van der Waals surface area (Å²) < 4.78 is 124. The summed E-state index contributed by atoms with van der Waals surface area (Å²) in [6.07, 6.45) is -12.9. The minimum atomic E-state index is -6.27. The number of aromatic nitrogens is 2. The molecule has 2 aromatic rings. The van der Waals surface area contributed by atoms with Crippen molar-refractivity contribution < 1.29 is 53.8 Å². The average molecular weight is 560 g/mol. The number of hydrogen-bond donors (Lipinski definition) is 2. The predicted octanol–water partition coefficient (Wildman–Crippen LogP) is 4.73. The number of halogens is 9. The first-order valence-corrected chi connectivity index (χ1v) is 10.2. The van der Waals surface area contributed by atoms with Gasteiger partial charge in [0.1, 0.15) is 12.4 Å². The lowest BCUT2D eigenvalue weighted by atomic mass is 10.1. The van der Waals surface area contributed by atoms with E-state index in [-0.39, 0.29) is 30.7 Å². The maximum atomic E-state index is 14.3. The molecule has 1 saturated heterocycles. The third-order valence-electron chi connectivity index (χ3n) is 5.01. The minimum absolute atomic E-state index is 0.0690. The van der Waals surface area contributed by atoms with Crippen LogP contribution >= 0.6 is 0 Å². The van der Waals surface area contributed by atoms with Gasteiger partial charge in [-0.1, -0.05) is 0 Å². The molecule has 1 aliphatic rings. The smallest absolute Gasteiger partial charge is 0.404 e. The van der Waals surface area contributed by atoms with E-state index in [1.807, 2.05) is 0 Å². The van der Waals surface area contributed by atoms with E-state index in [4.69, 9.17) is 5.73 Å². The molecule has 0 spiro atoms. The first-order chi connectivity index (χ1) is 17.2. The number of nitrogens with zero attached hydrogens (tertiary/aromatic N) is 4. The third-order valence-corrected chi connectivity index (χ3v) is 5.01. The summed E-state index contributed by atoms with van der Waals surface area (Å²) >= 11 is 0. The van der Waals surface area contributed by atoms with E-state index in [1.54, 1.807) is 13.8 Å². The first-order valence-electron chi connectivity index (χ1n) is 10.2. The van der Waals surface area contributed by atoms with Crippen LogP contribution in [0.25, 0.3) is 0 Å². The number of nitrogen functional groups attached to an aromatic ring is 1. The fraction of sp³-hybridized carbons (Fsp3) is 0.400. The summed E-state index contributed by atoms with van der Waals surface area (Å²) in [7, 11) is 0. The topological polar surface area (TPSA) is 114 Å². The summed E-state index contributed by atoms with van der Waals surface area (Å²) in [6.45, 7) is 0.764. The van der Waals surface area contributed by atoms with Crippen molar-refractivity contribution in [3.63, 3.8) is 0 Å². The third kappa shape index (κ3) is 5.94. The number of amides is 3. The Labute approximate surface area is 207 Å². The highest BCUT2D eigenvalue weighted by Gasteiger charge is 2.59. The number of carbonyl (C=O) groups is 2. The molecule has 2 heterocycles. The molecule has 0 saturated carbocycles. The Bertz CT molecular complexity index is 1250. The van der Waals surface area contributed by atoms with Crippen LogP contribution in [0.4, 0.5) is 66.6 Å². The van der Waals surface area contributed by atoms with Crippen LogP contribution in [0.1, 0.15) is 19.4 Å². The van der Waals surface area contributed by atoms with Gasteiger partial charge in [0.15, 0.2) is 11.6 Å². The molecule has 3 N–H and O–H groups in total. The van der Waals surface area contributed by atoms with E-state index in [9.17, 15) is 49.1 Å². The molecule has 1 aromatic carbocycles. The molecule has 208 valence electrons. The molecule has 0 unspecified atom stereocenters. The zero-order valence-electron chi connectivity index (χ0n) is 19.2. The lowest BCUT2D eigenvalue weighted by Crippen LogP contribution is -2.50. The van der Waals surface area contributed by atoms with Gasteiger partial charge < -0.3 is 15.8 Å². The van der Waals surface area contributed by atoms with Gasteiger partial charge in [-0.3, -0.25) is 9.80 Å². The number of nitrogens with two attached hydrogens (primary N) is 1. The summed E-state index contributed by atoms with van der Waals surface area (Å²) in [5.41, 5.74) is 1.71. The Morgan fingerprint density at radius 1 is 1.18 bits per heavy atom. The Morgan fingerprint density at radius 2 is 1.82 bits per heavy atom. The molecular weight excluding hydrogens is 543 g/mol. The van der Waals surface area contributed by atoms with Gasteiger partial charge in [0.25, 0.3) is 0 Å². The van der Waals surface area contributed by atoms with Crippen LogP contribution in [0.2, 0.25) is 0 Å².